The molecule has 32 heavy (non-hydrogen) atoms. The molecule has 6 nitrogen and oxygen atoms in total. The standard InChI is InChI=1S/C26H30N2O4/c1-16(2)13-22-20(15-27-25(31)32-26(3,4)5)23(17-9-7-6-8-10-17)19-14-18(24(29)30)11-12-21(19)28-22/h6-12,14,16H,13,15H2,1-5H3,(H,27,31)(H,29,30). The zero-order chi connectivity index (χ0) is 23.5. The molecule has 0 unspecified atom stereocenters. The lowest BCUT2D eigenvalue weighted by molar-refractivity contribution is 0.0523. The number of fused-ring (bicyclic) bond motifs is 1. The summed E-state index contributed by atoms with van der Waals surface area (Å²) >= 11 is 0. The van der Waals surface area contributed by atoms with E-state index in [0.717, 1.165) is 39.7 Å². The molecule has 2 aromatic carbocycles. The van der Waals surface area contributed by atoms with Gasteiger partial charge < -0.3 is 15.2 Å². The Kier molecular flexibility index (Phi) is 6.82. The largest absolute Gasteiger partial charge is 0.478 e. The van der Waals surface area contributed by atoms with Crippen molar-refractivity contribution in [3.8, 4) is 11.1 Å². The van der Waals surface area contributed by atoms with Crippen LogP contribution >= 0.6 is 0 Å². The van der Waals surface area contributed by atoms with E-state index in [-0.39, 0.29) is 12.1 Å². The van der Waals surface area contributed by atoms with Gasteiger partial charge in [-0.15, -0.1) is 0 Å². The van der Waals surface area contributed by atoms with Gasteiger partial charge in [-0.3, -0.25) is 4.98 Å². The Morgan fingerprint density at radius 1 is 1.09 bits per heavy atom. The van der Waals surface area contributed by atoms with Gasteiger partial charge in [0.05, 0.1) is 11.1 Å². The van der Waals surface area contributed by atoms with E-state index in [1.165, 1.54) is 0 Å². The highest BCUT2D eigenvalue weighted by Gasteiger charge is 2.21. The fourth-order valence-corrected chi connectivity index (χ4v) is 3.64. The number of hydrogen-bond acceptors (Lipinski definition) is 4. The van der Waals surface area contributed by atoms with Gasteiger partial charge in [-0.05, 0) is 62.4 Å². The van der Waals surface area contributed by atoms with E-state index in [1.54, 1.807) is 18.2 Å². The fourth-order valence-electron chi connectivity index (χ4n) is 3.64. The maximum absolute atomic E-state index is 12.4. The first kappa shape index (κ1) is 23.3. The average Bonchev–Trinajstić information content (AvgIpc) is 2.70. The molecule has 3 aromatic rings. The van der Waals surface area contributed by atoms with Gasteiger partial charge in [0.2, 0.25) is 0 Å². The summed E-state index contributed by atoms with van der Waals surface area (Å²) in [7, 11) is 0. The van der Waals surface area contributed by atoms with Crippen LogP contribution in [0.4, 0.5) is 4.79 Å². The highest BCUT2D eigenvalue weighted by atomic mass is 16.6. The topological polar surface area (TPSA) is 88.5 Å². The van der Waals surface area contributed by atoms with Crippen LogP contribution in [-0.2, 0) is 17.7 Å². The van der Waals surface area contributed by atoms with E-state index in [0.29, 0.717) is 5.92 Å². The number of aromatic nitrogens is 1. The summed E-state index contributed by atoms with van der Waals surface area (Å²) in [6.45, 7) is 9.91. The van der Waals surface area contributed by atoms with Crippen molar-refractivity contribution in [1.29, 1.82) is 0 Å². The number of nitrogens with one attached hydrogen (secondary N) is 1. The molecule has 1 aromatic heterocycles. The number of ether oxygens (including phenoxy) is 1. The molecule has 0 spiro atoms. The number of hydrogen-bond donors (Lipinski definition) is 2. The van der Waals surface area contributed by atoms with Crippen molar-refractivity contribution in [2.24, 2.45) is 5.92 Å². The third-order valence-electron chi connectivity index (χ3n) is 4.89. The highest BCUT2D eigenvalue weighted by Crippen LogP contribution is 2.34. The van der Waals surface area contributed by atoms with Crippen LogP contribution in [-0.4, -0.2) is 27.8 Å². The number of rotatable bonds is 6. The summed E-state index contributed by atoms with van der Waals surface area (Å²) in [5, 5.41) is 13.1. The van der Waals surface area contributed by atoms with Gasteiger partial charge in [0.1, 0.15) is 5.60 Å². The minimum absolute atomic E-state index is 0.194. The first-order valence-electron chi connectivity index (χ1n) is 10.8. The number of carbonyl (C=O) groups is 2. The SMILES string of the molecule is CC(C)Cc1nc2ccc(C(=O)O)cc2c(-c2ccccc2)c1CNC(=O)OC(C)(C)C. The molecule has 1 amide bonds. The van der Waals surface area contributed by atoms with Crippen molar-refractivity contribution >= 4 is 23.0 Å². The molecule has 6 heteroatoms. The second-order valence-electron chi connectivity index (χ2n) is 9.27. The first-order valence-corrected chi connectivity index (χ1v) is 10.8. The molecule has 0 aliphatic carbocycles. The van der Waals surface area contributed by atoms with E-state index >= 15 is 0 Å². The van der Waals surface area contributed by atoms with E-state index in [4.69, 9.17) is 9.72 Å². The van der Waals surface area contributed by atoms with E-state index in [9.17, 15) is 14.7 Å². The molecule has 168 valence electrons. The Hall–Kier alpha value is -3.41. The fraction of sp³-hybridized carbons (Fsp3) is 0.346. The van der Waals surface area contributed by atoms with Crippen LogP contribution in [0.1, 0.15) is 56.2 Å². The lowest BCUT2D eigenvalue weighted by Crippen LogP contribution is -2.32. The Morgan fingerprint density at radius 2 is 1.78 bits per heavy atom. The van der Waals surface area contributed by atoms with Gasteiger partial charge in [-0.1, -0.05) is 44.2 Å². The Balaban J connectivity index is 2.22. The van der Waals surface area contributed by atoms with Crippen LogP contribution < -0.4 is 5.32 Å². The van der Waals surface area contributed by atoms with E-state index < -0.39 is 17.7 Å². The second kappa shape index (κ2) is 9.39. The molecule has 0 bridgehead atoms. The van der Waals surface area contributed by atoms with Crippen LogP contribution in [0, 0.1) is 5.92 Å². The van der Waals surface area contributed by atoms with Crippen molar-refractivity contribution in [3.05, 3.63) is 65.4 Å². The Labute approximate surface area is 188 Å². The number of carboxylic acids is 1. The number of amides is 1. The summed E-state index contributed by atoms with van der Waals surface area (Å²) in [6.07, 6.45) is 0.216. The third-order valence-corrected chi connectivity index (χ3v) is 4.89. The molecular weight excluding hydrogens is 404 g/mol. The first-order chi connectivity index (χ1) is 15.0. The number of pyridine rings is 1. The van der Waals surface area contributed by atoms with Crippen LogP contribution in [0.5, 0.6) is 0 Å². The minimum atomic E-state index is -0.995. The molecule has 0 aliphatic rings. The molecule has 3 rings (SSSR count). The van der Waals surface area contributed by atoms with Gasteiger partial charge in [0, 0.05) is 23.2 Å². The van der Waals surface area contributed by atoms with Crippen molar-refractivity contribution in [2.45, 2.75) is 53.2 Å². The summed E-state index contributed by atoms with van der Waals surface area (Å²) in [5.74, 6) is -0.646. The molecule has 0 saturated heterocycles. The van der Waals surface area contributed by atoms with Gasteiger partial charge in [-0.25, -0.2) is 9.59 Å². The van der Waals surface area contributed by atoms with Crippen LogP contribution in [0.25, 0.3) is 22.0 Å². The molecular formula is C26H30N2O4. The molecule has 0 radical (unpaired) electrons. The second-order valence-corrected chi connectivity index (χ2v) is 9.27. The van der Waals surface area contributed by atoms with Crippen LogP contribution in [0.2, 0.25) is 0 Å². The lowest BCUT2D eigenvalue weighted by Gasteiger charge is -2.22. The van der Waals surface area contributed by atoms with Gasteiger partial charge in [-0.2, -0.15) is 0 Å². The van der Waals surface area contributed by atoms with Crippen LogP contribution in [0.3, 0.4) is 0 Å². The zero-order valence-electron chi connectivity index (χ0n) is 19.2. The maximum Gasteiger partial charge on any atom is 0.407 e. The summed E-state index contributed by atoms with van der Waals surface area (Å²) < 4.78 is 5.42. The summed E-state index contributed by atoms with van der Waals surface area (Å²) in [4.78, 5) is 28.9. The molecule has 2 N–H and O–H groups in total. The van der Waals surface area contributed by atoms with Crippen molar-refractivity contribution in [2.75, 3.05) is 0 Å². The lowest BCUT2D eigenvalue weighted by atomic mass is 9.91. The number of carbonyl (C=O) groups excluding carboxylic acids is 1. The van der Waals surface area contributed by atoms with E-state index in [1.807, 2.05) is 51.1 Å². The zero-order valence-corrected chi connectivity index (χ0v) is 19.2. The van der Waals surface area contributed by atoms with Crippen molar-refractivity contribution in [1.82, 2.24) is 10.3 Å². The number of alkyl carbamates (subject to hydrolysis) is 1. The van der Waals surface area contributed by atoms with Gasteiger partial charge >= 0.3 is 12.1 Å². The maximum atomic E-state index is 12.4. The van der Waals surface area contributed by atoms with E-state index in [2.05, 4.69) is 19.2 Å². The Morgan fingerprint density at radius 3 is 2.38 bits per heavy atom. The smallest absolute Gasteiger partial charge is 0.407 e. The van der Waals surface area contributed by atoms with Crippen LogP contribution in [0.15, 0.2) is 48.5 Å². The molecule has 0 fully saturated rings. The molecule has 0 saturated carbocycles. The quantitative estimate of drug-likeness (QED) is 0.510. The normalized spacial score (nSPS) is 11.6. The monoisotopic (exact) mass is 434 g/mol. The predicted octanol–water partition coefficient (Wildman–Crippen LogP) is 5.82. The van der Waals surface area contributed by atoms with Gasteiger partial charge in [0.15, 0.2) is 0 Å². The van der Waals surface area contributed by atoms with Crippen molar-refractivity contribution in [3.63, 3.8) is 0 Å². The van der Waals surface area contributed by atoms with Gasteiger partial charge in [0.25, 0.3) is 0 Å². The number of benzene rings is 2. The summed E-state index contributed by atoms with van der Waals surface area (Å²) in [5.41, 5.74) is 3.88. The molecule has 1 heterocycles. The highest BCUT2D eigenvalue weighted by molar-refractivity contribution is 6.01. The van der Waals surface area contributed by atoms with Crippen molar-refractivity contribution < 1.29 is 19.4 Å². The molecule has 0 atom stereocenters. The minimum Gasteiger partial charge on any atom is -0.478 e. The third kappa shape index (κ3) is 5.63. The Bertz CT molecular complexity index is 1130. The predicted molar refractivity (Wildman–Crippen MR) is 126 cm³/mol. The molecule has 0 aliphatic heterocycles. The summed E-state index contributed by atoms with van der Waals surface area (Å²) in [6, 6.07) is 14.8. The number of nitrogens with zero attached hydrogens (tertiary/aromatic N) is 1. The number of carboxylic acid groups (broad SMARTS) is 1. The average molecular weight is 435 g/mol. The number of aromatic carboxylic acids is 1.